The molecule has 1 unspecified atom stereocenters. The molecule has 1 N–H and O–H groups in total. The normalized spacial score (nSPS) is 20.8. The summed E-state index contributed by atoms with van der Waals surface area (Å²) in [5, 5.41) is 3.15. The summed E-state index contributed by atoms with van der Waals surface area (Å²) in [6.45, 7) is 8.79. The number of hydrogen-bond acceptors (Lipinski definition) is 3. The molecule has 2 amide bonds. The third-order valence-electron chi connectivity index (χ3n) is 6.26. The van der Waals surface area contributed by atoms with Crippen molar-refractivity contribution in [2.45, 2.75) is 45.6 Å². The largest absolute Gasteiger partial charge is 0.354 e. The summed E-state index contributed by atoms with van der Waals surface area (Å²) in [7, 11) is 0. The van der Waals surface area contributed by atoms with Crippen LogP contribution in [0.4, 0.5) is 0 Å². The summed E-state index contributed by atoms with van der Waals surface area (Å²) in [5.74, 6) is 1.04. The van der Waals surface area contributed by atoms with Crippen LogP contribution in [0.15, 0.2) is 28.7 Å². The van der Waals surface area contributed by atoms with Crippen molar-refractivity contribution in [3.8, 4) is 0 Å². The first-order chi connectivity index (χ1) is 13.4. The molecule has 0 saturated carbocycles. The summed E-state index contributed by atoms with van der Waals surface area (Å²) in [6.07, 6.45) is 3.99. The molecule has 154 valence electrons. The molecule has 1 aromatic rings. The quantitative estimate of drug-likeness (QED) is 0.747. The predicted molar refractivity (Wildman–Crippen MR) is 115 cm³/mol. The number of nitrogens with one attached hydrogen (secondary N) is 1. The van der Waals surface area contributed by atoms with E-state index in [0.717, 1.165) is 36.3 Å². The lowest BCUT2D eigenvalue weighted by Gasteiger charge is -2.35. The maximum absolute atomic E-state index is 12.6. The molecule has 2 heterocycles. The molecule has 2 aliphatic rings. The van der Waals surface area contributed by atoms with Gasteiger partial charge in [-0.25, -0.2) is 0 Å². The summed E-state index contributed by atoms with van der Waals surface area (Å²) in [4.78, 5) is 29.5. The molecule has 2 saturated heterocycles. The van der Waals surface area contributed by atoms with Crippen LogP contribution in [0.3, 0.4) is 0 Å². The van der Waals surface area contributed by atoms with Crippen molar-refractivity contribution >= 4 is 27.7 Å². The van der Waals surface area contributed by atoms with Crippen molar-refractivity contribution in [2.75, 3.05) is 32.7 Å². The van der Waals surface area contributed by atoms with E-state index < -0.39 is 0 Å². The minimum Gasteiger partial charge on any atom is -0.354 e. The van der Waals surface area contributed by atoms with Crippen LogP contribution in [-0.2, 0) is 4.79 Å². The minimum atomic E-state index is 0.0162. The highest BCUT2D eigenvalue weighted by atomic mass is 79.9. The Hall–Kier alpha value is -1.40. The molecule has 2 fully saturated rings. The number of likely N-dealkylation sites (tertiary alicyclic amines) is 2. The van der Waals surface area contributed by atoms with Gasteiger partial charge in [0.1, 0.15) is 0 Å². The van der Waals surface area contributed by atoms with Gasteiger partial charge in [-0.2, -0.15) is 0 Å². The van der Waals surface area contributed by atoms with Crippen LogP contribution in [-0.4, -0.2) is 60.4 Å². The third kappa shape index (κ3) is 5.57. The smallest absolute Gasteiger partial charge is 0.253 e. The molecule has 1 aromatic carbocycles. The maximum atomic E-state index is 12.6. The van der Waals surface area contributed by atoms with Gasteiger partial charge in [-0.1, -0.05) is 22.9 Å². The first kappa shape index (κ1) is 21.3. The molecular weight excluding hydrogens is 418 g/mol. The lowest BCUT2D eigenvalue weighted by Crippen LogP contribution is -2.48. The average Bonchev–Trinajstić information content (AvgIpc) is 2.72. The van der Waals surface area contributed by atoms with E-state index in [1.165, 1.54) is 12.8 Å². The monoisotopic (exact) mass is 449 g/mol. The Morgan fingerprint density at radius 1 is 1.07 bits per heavy atom. The first-order valence-corrected chi connectivity index (χ1v) is 11.3. The summed E-state index contributed by atoms with van der Waals surface area (Å²) < 4.78 is 0.965. The Morgan fingerprint density at radius 3 is 2.29 bits per heavy atom. The van der Waals surface area contributed by atoms with Crippen LogP contribution in [0.25, 0.3) is 0 Å². The lowest BCUT2D eigenvalue weighted by atomic mass is 9.95. The summed E-state index contributed by atoms with van der Waals surface area (Å²) in [6, 6.07) is 7.84. The number of carbonyl (C=O) groups is 2. The number of halogens is 1. The van der Waals surface area contributed by atoms with E-state index in [1.807, 2.05) is 29.2 Å². The fourth-order valence-corrected chi connectivity index (χ4v) is 4.38. The molecule has 0 bridgehead atoms. The maximum Gasteiger partial charge on any atom is 0.253 e. The number of amides is 2. The zero-order valence-electron chi connectivity index (χ0n) is 17.0. The molecule has 0 aliphatic carbocycles. The first-order valence-electron chi connectivity index (χ1n) is 10.5. The molecule has 5 nitrogen and oxygen atoms in total. The van der Waals surface area contributed by atoms with Gasteiger partial charge in [-0.15, -0.1) is 0 Å². The van der Waals surface area contributed by atoms with E-state index in [9.17, 15) is 9.59 Å². The fraction of sp³-hybridized carbons (Fsp3) is 0.636. The van der Waals surface area contributed by atoms with Gasteiger partial charge in [0.05, 0.1) is 0 Å². The van der Waals surface area contributed by atoms with Gasteiger partial charge in [0.2, 0.25) is 5.91 Å². The zero-order valence-corrected chi connectivity index (χ0v) is 18.6. The molecule has 0 radical (unpaired) electrons. The van der Waals surface area contributed by atoms with Crippen LogP contribution in [0.2, 0.25) is 0 Å². The standard InChI is InChI=1S/C22H32BrN3O2/c1-16-7-11-25(12-8-16)17(2)15-24-21(27)18-9-13-26(14-10-18)22(28)19-3-5-20(23)6-4-19/h3-6,16-18H,7-15H2,1-2H3,(H,24,27). The SMILES string of the molecule is CC1CCN(C(C)CNC(=O)C2CCN(C(=O)c3ccc(Br)cc3)CC2)CC1. The number of hydrogen-bond donors (Lipinski definition) is 1. The zero-order chi connectivity index (χ0) is 20.1. The number of carbonyl (C=O) groups excluding carboxylic acids is 2. The van der Waals surface area contributed by atoms with Crippen LogP contribution in [0.5, 0.6) is 0 Å². The molecule has 3 rings (SSSR count). The Kier molecular flexibility index (Phi) is 7.52. The van der Waals surface area contributed by atoms with Gasteiger partial charge < -0.3 is 10.2 Å². The van der Waals surface area contributed by atoms with Crippen LogP contribution >= 0.6 is 15.9 Å². The topological polar surface area (TPSA) is 52.7 Å². The minimum absolute atomic E-state index is 0.0162. The number of nitrogens with zero attached hydrogens (tertiary/aromatic N) is 2. The van der Waals surface area contributed by atoms with Crippen molar-refractivity contribution in [3.05, 3.63) is 34.3 Å². The van der Waals surface area contributed by atoms with Crippen molar-refractivity contribution in [3.63, 3.8) is 0 Å². The van der Waals surface area contributed by atoms with Crippen molar-refractivity contribution < 1.29 is 9.59 Å². The lowest BCUT2D eigenvalue weighted by molar-refractivity contribution is -0.126. The number of benzene rings is 1. The van der Waals surface area contributed by atoms with Crippen LogP contribution < -0.4 is 5.32 Å². The van der Waals surface area contributed by atoms with E-state index in [4.69, 9.17) is 0 Å². The van der Waals surface area contributed by atoms with E-state index in [1.54, 1.807) is 0 Å². The number of piperidine rings is 2. The Morgan fingerprint density at radius 2 is 1.68 bits per heavy atom. The van der Waals surface area contributed by atoms with E-state index in [2.05, 4.69) is 40.0 Å². The summed E-state index contributed by atoms with van der Waals surface area (Å²) in [5.41, 5.74) is 0.704. The molecule has 6 heteroatoms. The Labute approximate surface area is 177 Å². The van der Waals surface area contributed by atoms with Gasteiger partial charge in [0, 0.05) is 41.6 Å². The molecule has 2 aliphatic heterocycles. The highest BCUT2D eigenvalue weighted by Gasteiger charge is 2.28. The summed E-state index contributed by atoms with van der Waals surface area (Å²) >= 11 is 3.39. The second-order valence-electron chi connectivity index (χ2n) is 8.39. The second-order valence-corrected chi connectivity index (χ2v) is 9.30. The van der Waals surface area contributed by atoms with Crippen LogP contribution in [0, 0.1) is 11.8 Å². The Balaban J connectivity index is 1.41. The van der Waals surface area contributed by atoms with Gasteiger partial charge in [0.15, 0.2) is 0 Å². The van der Waals surface area contributed by atoms with Gasteiger partial charge in [0.25, 0.3) is 5.91 Å². The van der Waals surface area contributed by atoms with Crippen molar-refractivity contribution in [1.29, 1.82) is 0 Å². The molecule has 0 spiro atoms. The van der Waals surface area contributed by atoms with Gasteiger partial charge >= 0.3 is 0 Å². The average molecular weight is 450 g/mol. The van der Waals surface area contributed by atoms with Crippen LogP contribution in [0.1, 0.15) is 49.9 Å². The van der Waals surface area contributed by atoms with Crippen molar-refractivity contribution in [2.24, 2.45) is 11.8 Å². The predicted octanol–water partition coefficient (Wildman–Crippen LogP) is 3.54. The number of rotatable bonds is 5. The van der Waals surface area contributed by atoms with E-state index in [-0.39, 0.29) is 17.7 Å². The molecular formula is C22H32BrN3O2. The third-order valence-corrected chi connectivity index (χ3v) is 6.79. The van der Waals surface area contributed by atoms with Crippen molar-refractivity contribution in [1.82, 2.24) is 15.1 Å². The highest BCUT2D eigenvalue weighted by Crippen LogP contribution is 2.21. The molecule has 1 atom stereocenters. The highest BCUT2D eigenvalue weighted by molar-refractivity contribution is 9.10. The second kappa shape index (κ2) is 9.88. The van der Waals surface area contributed by atoms with Gasteiger partial charge in [-0.05, 0) is 75.9 Å². The fourth-order valence-electron chi connectivity index (χ4n) is 4.11. The molecule has 0 aromatic heterocycles. The van der Waals surface area contributed by atoms with E-state index >= 15 is 0 Å². The molecule has 28 heavy (non-hydrogen) atoms. The Bertz CT molecular complexity index is 663. The van der Waals surface area contributed by atoms with E-state index in [0.29, 0.717) is 31.2 Å². The van der Waals surface area contributed by atoms with Gasteiger partial charge in [-0.3, -0.25) is 14.5 Å².